The minimum absolute atomic E-state index is 0.0922. The summed E-state index contributed by atoms with van der Waals surface area (Å²) in [4.78, 5) is 10.4. The minimum Gasteiger partial charge on any atom is -0.310 e. The number of nitro benzene ring substituents is 1. The van der Waals surface area contributed by atoms with Gasteiger partial charge in [-0.15, -0.1) is 0 Å². The molecule has 0 aliphatic heterocycles. The monoisotopic (exact) mass is 300 g/mol. The van der Waals surface area contributed by atoms with Gasteiger partial charge in [0.25, 0.3) is 5.69 Å². The highest BCUT2D eigenvalue weighted by Crippen LogP contribution is 2.29. The molecule has 4 nitrogen and oxygen atoms in total. The number of thioether (sulfide) groups is 1. The summed E-state index contributed by atoms with van der Waals surface area (Å²) in [6.45, 7) is 0.590. The van der Waals surface area contributed by atoms with Gasteiger partial charge >= 0.3 is 0 Å². The first-order chi connectivity index (χ1) is 9.10. The van der Waals surface area contributed by atoms with Crippen LogP contribution in [0, 0.1) is 10.1 Å². The van der Waals surface area contributed by atoms with E-state index in [4.69, 9.17) is 11.6 Å². The van der Waals surface area contributed by atoms with Crippen LogP contribution >= 0.6 is 23.4 Å². The SMILES string of the molecule is CSC1CCC(NCc2cc([N+](=O)[O-])ccc2Cl)C1. The van der Waals surface area contributed by atoms with Gasteiger partial charge in [0.1, 0.15) is 0 Å². The van der Waals surface area contributed by atoms with Crippen molar-refractivity contribution in [2.75, 3.05) is 6.26 Å². The summed E-state index contributed by atoms with van der Waals surface area (Å²) >= 11 is 7.99. The summed E-state index contributed by atoms with van der Waals surface area (Å²) in [6.07, 6.45) is 5.71. The molecule has 1 N–H and O–H groups in total. The van der Waals surface area contributed by atoms with E-state index in [9.17, 15) is 10.1 Å². The van der Waals surface area contributed by atoms with Crippen molar-refractivity contribution in [2.24, 2.45) is 0 Å². The summed E-state index contributed by atoms with van der Waals surface area (Å²) < 4.78 is 0. The Balaban J connectivity index is 1.96. The van der Waals surface area contributed by atoms with Gasteiger partial charge in [0.15, 0.2) is 0 Å². The molecular weight excluding hydrogens is 284 g/mol. The van der Waals surface area contributed by atoms with Crippen molar-refractivity contribution in [1.29, 1.82) is 0 Å². The Kier molecular flexibility index (Phi) is 5.07. The molecule has 6 heteroatoms. The fourth-order valence-corrected chi connectivity index (χ4v) is 3.38. The smallest absolute Gasteiger partial charge is 0.269 e. The lowest BCUT2D eigenvalue weighted by Gasteiger charge is -2.13. The Hall–Kier alpha value is -0.780. The summed E-state index contributed by atoms with van der Waals surface area (Å²) in [5.41, 5.74) is 0.887. The van der Waals surface area contributed by atoms with Gasteiger partial charge < -0.3 is 5.32 Å². The van der Waals surface area contributed by atoms with Gasteiger partial charge in [0.2, 0.25) is 0 Å². The molecule has 1 aliphatic rings. The first-order valence-electron chi connectivity index (χ1n) is 6.29. The maximum Gasteiger partial charge on any atom is 0.269 e. The molecule has 0 spiro atoms. The molecule has 0 heterocycles. The van der Waals surface area contributed by atoms with Crippen molar-refractivity contribution in [2.45, 2.75) is 37.1 Å². The normalized spacial score (nSPS) is 22.6. The molecule has 19 heavy (non-hydrogen) atoms. The highest BCUT2D eigenvalue weighted by Gasteiger charge is 2.23. The molecule has 0 saturated heterocycles. The molecular formula is C13H17ClN2O2S. The van der Waals surface area contributed by atoms with E-state index in [0.717, 1.165) is 23.7 Å². The lowest BCUT2D eigenvalue weighted by Crippen LogP contribution is -2.26. The number of hydrogen-bond acceptors (Lipinski definition) is 4. The summed E-state index contributed by atoms with van der Waals surface area (Å²) in [5.74, 6) is 0. The van der Waals surface area contributed by atoms with E-state index >= 15 is 0 Å². The summed E-state index contributed by atoms with van der Waals surface area (Å²) in [6, 6.07) is 5.07. The van der Waals surface area contributed by atoms with Crippen LogP contribution in [0.3, 0.4) is 0 Å². The highest BCUT2D eigenvalue weighted by molar-refractivity contribution is 7.99. The number of hydrogen-bond donors (Lipinski definition) is 1. The summed E-state index contributed by atoms with van der Waals surface area (Å²) in [7, 11) is 0. The molecule has 0 bridgehead atoms. The third-order valence-corrected chi connectivity index (χ3v) is 5.00. The maximum absolute atomic E-state index is 10.7. The van der Waals surface area contributed by atoms with Gasteiger partial charge in [-0.3, -0.25) is 10.1 Å². The maximum atomic E-state index is 10.7. The second kappa shape index (κ2) is 6.59. The average Bonchev–Trinajstić information content (AvgIpc) is 2.85. The van der Waals surface area contributed by atoms with Crippen molar-refractivity contribution in [3.63, 3.8) is 0 Å². The molecule has 0 radical (unpaired) electrons. The van der Waals surface area contributed by atoms with Gasteiger partial charge in [-0.25, -0.2) is 0 Å². The van der Waals surface area contributed by atoms with Gasteiger partial charge in [-0.05, 0) is 37.1 Å². The van der Waals surface area contributed by atoms with Gasteiger partial charge in [-0.2, -0.15) is 11.8 Å². The van der Waals surface area contributed by atoms with Gasteiger partial charge in [-0.1, -0.05) is 11.6 Å². The van der Waals surface area contributed by atoms with E-state index in [1.807, 2.05) is 11.8 Å². The number of rotatable bonds is 5. The Morgan fingerprint density at radius 3 is 2.95 bits per heavy atom. The van der Waals surface area contributed by atoms with E-state index in [2.05, 4.69) is 11.6 Å². The molecule has 1 fully saturated rings. The van der Waals surface area contributed by atoms with Crippen molar-refractivity contribution in [3.8, 4) is 0 Å². The Bertz CT molecular complexity index is 470. The van der Waals surface area contributed by atoms with Gasteiger partial charge in [0, 0.05) is 35.0 Å². The molecule has 0 amide bonds. The molecule has 104 valence electrons. The molecule has 1 aromatic rings. The standard InChI is InChI=1S/C13H17ClN2O2S/c1-19-12-4-2-10(7-12)15-8-9-6-11(16(17)18)3-5-13(9)14/h3,5-6,10,12,15H,2,4,7-8H2,1H3. The molecule has 0 aromatic heterocycles. The van der Waals surface area contributed by atoms with Crippen molar-refractivity contribution < 1.29 is 4.92 Å². The molecule has 1 saturated carbocycles. The number of non-ortho nitro benzene ring substituents is 1. The number of nitrogens with zero attached hydrogens (tertiary/aromatic N) is 1. The topological polar surface area (TPSA) is 55.2 Å². The zero-order valence-electron chi connectivity index (χ0n) is 10.8. The highest BCUT2D eigenvalue weighted by atomic mass is 35.5. The molecule has 1 aromatic carbocycles. The van der Waals surface area contributed by atoms with Crippen molar-refractivity contribution in [3.05, 3.63) is 38.9 Å². The average molecular weight is 301 g/mol. The van der Waals surface area contributed by atoms with Gasteiger partial charge in [0.05, 0.1) is 4.92 Å². The van der Waals surface area contributed by atoms with Crippen LogP contribution in [0.1, 0.15) is 24.8 Å². The van der Waals surface area contributed by atoms with Crippen molar-refractivity contribution >= 4 is 29.1 Å². The largest absolute Gasteiger partial charge is 0.310 e. The van der Waals surface area contributed by atoms with E-state index in [-0.39, 0.29) is 10.6 Å². The van der Waals surface area contributed by atoms with Crippen LogP contribution < -0.4 is 5.32 Å². The first-order valence-corrected chi connectivity index (χ1v) is 7.95. The van der Waals surface area contributed by atoms with Crippen LogP contribution in [-0.2, 0) is 6.54 Å². The lowest BCUT2D eigenvalue weighted by atomic mass is 10.1. The molecule has 2 atom stereocenters. The number of halogens is 1. The van der Waals surface area contributed by atoms with Crippen LogP contribution in [0.4, 0.5) is 5.69 Å². The Morgan fingerprint density at radius 1 is 1.53 bits per heavy atom. The second-order valence-electron chi connectivity index (χ2n) is 4.78. The third kappa shape index (κ3) is 3.84. The van der Waals surface area contributed by atoms with Crippen molar-refractivity contribution in [1.82, 2.24) is 5.32 Å². The summed E-state index contributed by atoms with van der Waals surface area (Å²) in [5, 5.41) is 15.5. The van der Waals surface area contributed by atoms with Crippen LogP contribution in [0.25, 0.3) is 0 Å². The van der Waals surface area contributed by atoms with E-state index in [1.54, 1.807) is 12.1 Å². The lowest BCUT2D eigenvalue weighted by molar-refractivity contribution is -0.384. The Morgan fingerprint density at radius 2 is 2.32 bits per heavy atom. The first kappa shape index (κ1) is 14.6. The zero-order chi connectivity index (χ0) is 13.8. The fourth-order valence-electron chi connectivity index (χ4n) is 2.40. The Labute approximate surface area is 122 Å². The molecule has 1 aliphatic carbocycles. The van der Waals surface area contributed by atoms with Crippen LogP contribution in [0.5, 0.6) is 0 Å². The predicted molar refractivity (Wildman–Crippen MR) is 79.9 cm³/mol. The predicted octanol–water partition coefficient (Wildman–Crippen LogP) is 3.62. The second-order valence-corrected chi connectivity index (χ2v) is 6.33. The van der Waals surface area contributed by atoms with Crippen LogP contribution in [0.2, 0.25) is 5.02 Å². The van der Waals surface area contributed by atoms with E-state index in [0.29, 0.717) is 17.6 Å². The minimum atomic E-state index is -0.390. The zero-order valence-corrected chi connectivity index (χ0v) is 12.3. The fraction of sp³-hybridized carbons (Fsp3) is 0.538. The van der Waals surface area contributed by atoms with E-state index in [1.165, 1.54) is 12.5 Å². The quantitative estimate of drug-likeness (QED) is 0.666. The molecule has 2 unspecified atom stereocenters. The molecule has 2 rings (SSSR count). The number of nitrogens with one attached hydrogen (secondary N) is 1. The van der Waals surface area contributed by atoms with Crippen LogP contribution in [-0.4, -0.2) is 22.5 Å². The third-order valence-electron chi connectivity index (χ3n) is 3.54. The number of nitro groups is 1. The number of benzene rings is 1. The van der Waals surface area contributed by atoms with Crippen LogP contribution in [0.15, 0.2) is 18.2 Å². The van der Waals surface area contributed by atoms with E-state index < -0.39 is 0 Å².